The maximum atomic E-state index is 6.13. The molecule has 0 spiro atoms. The first-order valence-corrected chi connectivity index (χ1v) is 5.07. The van der Waals surface area contributed by atoms with Crippen molar-refractivity contribution in [2.24, 2.45) is 12.8 Å². The summed E-state index contributed by atoms with van der Waals surface area (Å²) < 4.78 is 2.12. The summed E-state index contributed by atoms with van der Waals surface area (Å²) in [6, 6.07) is 8.33. The maximum Gasteiger partial charge on any atom is 0.0851 e. The van der Waals surface area contributed by atoms with E-state index in [4.69, 9.17) is 5.73 Å². The molecule has 1 atom stereocenters. The third-order valence-electron chi connectivity index (χ3n) is 2.80. The number of aromatic nitrogens is 1. The van der Waals surface area contributed by atoms with Crippen LogP contribution in [0.4, 0.5) is 0 Å². The van der Waals surface area contributed by atoms with Crippen LogP contribution in [-0.4, -0.2) is 23.6 Å². The molecule has 0 bridgehead atoms. The van der Waals surface area contributed by atoms with E-state index in [2.05, 4.69) is 22.9 Å². The Morgan fingerprint density at radius 1 is 1.27 bits per heavy atom. The minimum atomic E-state index is -0.0453. The fourth-order valence-electron chi connectivity index (χ4n) is 1.89. The second-order valence-electron chi connectivity index (χ2n) is 4.12. The molecule has 1 aromatic heterocycles. The Labute approximate surface area is 90.1 Å². The molecule has 0 fully saturated rings. The SMILES string of the molecule is CN(C)C(N)c1cn(C)c2ccccc12. The molecule has 0 amide bonds. The van der Waals surface area contributed by atoms with E-state index in [0.29, 0.717) is 0 Å². The number of nitrogens with two attached hydrogens (primary N) is 1. The van der Waals surface area contributed by atoms with E-state index < -0.39 is 0 Å². The largest absolute Gasteiger partial charge is 0.350 e. The van der Waals surface area contributed by atoms with Gasteiger partial charge in [0.1, 0.15) is 0 Å². The molecule has 3 heteroatoms. The van der Waals surface area contributed by atoms with Gasteiger partial charge >= 0.3 is 0 Å². The predicted molar refractivity (Wildman–Crippen MR) is 63.5 cm³/mol. The maximum absolute atomic E-state index is 6.13. The van der Waals surface area contributed by atoms with Gasteiger partial charge in [0.05, 0.1) is 6.17 Å². The Balaban J connectivity index is 2.62. The molecule has 1 heterocycles. The lowest BCUT2D eigenvalue weighted by atomic mass is 10.1. The van der Waals surface area contributed by atoms with Crippen molar-refractivity contribution in [3.63, 3.8) is 0 Å². The third kappa shape index (κ3) is 1.64. The standard InChI is InChI=1S/C12H17N3/c1-14(2)12(13)10-8-15(3)11-7-5-4-6-9(10)11/h4-8,12H,13H2,1-3H3. The number of benzene rings is 1. The van der Waals surface area contributed by atoms with Crippen LogP contribution in [-0.2, 0) is 7.05 Å². The van der Waals surface area contributed by atoms with Crippen LogP contribution in [0.3, 0.4) is 0 Å². The van der Waals surface area contributed by atoms with Crippen LogP contribution in [0.5, 0.6) is 0 Å². The monoisotopic (exact) mass is 203 g/mol. The summed E-state index contributed by atoms with van der Waals surface area (Å²) in [7, 11) is 6.03. The van der Waals surface area contributed by atoms with Crippen molar-refractivity contribution in [3.05, 3.63) is 36.0 Å². The predicted octanol–water partition coefficient (Wildman–Crippen LogP) is 1.70. The van der Waals surface area contributed by atoms with Gasteiger partial charge in [0.25, 0.3) is 0 Å². The molecule has 2 N–H and O–H groups in total. The normalized spacial score (nSPS) is 13.7. The molecule has 80 valence electrons. The van der Waals surface area contributed by atoms with Crippen molar-refractivity contribution in [1.82, 2.24) is 9.47 Å². The van der Waals surface area contributed by atoms with Gasteiger partial charge in [-0.25, -0.2) is 0 Å². The molecule has 0 saturated heterocycles. The van der Waals surface area contributed by atoms with Gasteiger partial charge in [-0.2, -0.15) is 0 Å². The van der Waals surface area contributed by atoms with Crippen LogP contribution in [0.15, 0.2) is 30.5 Å². The minimum Gasteiger partial charge on any atom is -0.350 e. The smallest absolute Gasteiger partial charge is 0.0851 e. The molecule has 2 rings (SSSR count). The summed E-state index contributed by atoms with van der Waals surface area (Å²) in [4.78, 5) is 2.02. The zero-order valence-corrected chi connectivity index (χ0v) is 9.44. The Hall–Kier alpha value is -1.32. The van der Waals surface area contributed by atoms with Crippen molar-refractivity contribution >= 4 is 10.9 Å². The van der Waals surface area contributed by atoms with Crippen LogP contribution in [0.25, 0.3) is 10.9 Å². The van der Waals surface area contributed by atoms with Gasteiger partial charge in [0, 0.05) is 29.7 Å². The molecule has 2 aromatic rings. The highest BCUT2D eigenvalue weighted by atomic mass is 15.2. The van der Waals surface area contributed by atoms with Crippen LogP contribution in [0.2, 0.25) is 0 Å². The van der Waals surface area contributed by atoms with Gasteiger partial charge in [0.2, 0.25) is 0 Å². The lowest BCUT2D eigenvalue weighted by molar-refractivity contribution is 0.309. The van der Waals surface area contributed by atoms with Crippen molar-refractivity contribution in [2.45, 2.75) is 6.17 Å². The molecule has 15 heavy (non-hydrogen) atoms. The van der Waals surface area contributed by atoms with Gasteiger partial charge in [0.15, 0.2) is 0 Å². The molecule has 3 nitrogen and oxygen atoms in total. The molecule has 0 aliphatic carbocycles. The quantitative estimate of drug-likeness (QED) is 0.754. The van der Waals surface area contributed by atoms with E-state index in [9.17, 15) is 0 Å². The molecule has 0 saturated carbocycles. The van der Waals surface area contributed by atoms with Gasteiger partial charge in [-0.3, -0.25) is 4.90 Å². The van der Waals surface area contributed by atoms with Crippen LogP contribution in [0.1, 0.15) is 11.7 Å². The summed E-state index contributed by atoms with van der Waals surface area (Å²) in [6.45, 7) is 0. The second-order valence-corrected chi connectivity index (χ2v) is 4.12. The topological polar surface area (TPSA) is 34.2 Å². The lowest BCUT2D eigenvalue weighted by Crippen LogP contribution is -2.27. The first-order valence-electron chi connectivity index (χ1n) is 5.07. The second kappa shape index (κ2) is 3.68. The van der Waals surface area contributed by atoms with Gasteiger partial charge in [-0.1, -0.05) is 18.2 Å². The first kappa shape index (κ1) is 10.2. The van der Waals surface area contributed by atoms with E-state index in [0.717, 1.165) is 0 Å². The van der Waals surface area contributed by atoms with Crippen LogP contribution in [0, 0.1) is 0 Å². The summed E-state index contributed by atoms with van der Waals surface area (Å²) in [5, 5.41) is 1.24. The zero-order valence-electron chi connectivity index (χ0n) is 9.44. The van der Waals surface area contributed by atoms with E-state index in [1.54, 1.807) is 0 Å². The number of nitrogens with zero attached hydrogens (tertiary/aromatic N) is 2. The van der Waals surface area contributed by atoms with E-state index >= 15 is 0 Å². The molecular formula is C12H17N3. The van der Waals surface area contributed by atoms with Crippen LogP contribution >= 0.6 is 0 Å². The number of fused-ring (bicyclic) bond motifs is 1. The number of para-hydroxylation sites is 1. The summed E-state index contributed by atoms with van der Waals surface area (Å²) >= 11 is 0. The summed E-state index contributed by atoms with van der Waals surface area (Å²) in [5.74, 6) is 0. The Morgan fingerprint density at radius 3 is 2.60 bits per heavy atom. The van der Waals surface area contributed by atoms with Gasteiger partial charge < -0.3 is 10.3 Å². The van der Waals surface area contributed by atoms with Gasteiger partial charge in [-0.05, 0) is 20.2 Å². The Bertz CT molecular complexity index is 471. The molecule has 1 aromatic carbocycles. The fourth-order valence-corrected chi connectivity index (χ4v) is 1.89. The zero-order chi connectivity index (χ0) is 11.0. The van der Waals surface area contributed by atoms with E-state index in [-0.39, 0.29) is 6.17 Å². The van der Waals surface area contributed by atoms with Crippen molar-refractivity contribution in [2.75, 3.05) is 14.1 Å². The van der Waals surface area contributed by atoms with E-state index in [1.165, 1.54) is 16.5 Å². The highest BCUT2D eigenvalue weighted by Crippen LogP contribution is 2.25. The number of aryl methyl sites for hydroxylation is 1. The third-order valence-corrected chi connectivity index (χ3v) is 2.80. The van der Waals surface area contributed by atoms with Crippen molar-refractivity contribution in [3.8, 4) is 0 Å². The highest BCUT2D eigenvalue weighted by Gasteiger charge is 2.14. The van der Waals surface area contributed by atoms with E-state index in [1.807, 2.05) is 38.2 Å². The Morgan fingerprint density at radius 2 is 1.93 bits per heavy atom. The average molecular weight is 203 g/mol. The summed E-state index contributed by atoms with van der Waals surface area (Å²) in [5.41, 5.74) is 8.54. The molecule has 0 radical (unpaired) electrons. The number of hydrogen-bond acceptors (Lipinski definition) is 2. The molecule has 0 aliphatic rings. The fraction of sp³-hybridized carbons (Fsp3) is 0.333. The van der Waals surface area contributed by atoms with Crippen molar-refractivity contribution in [1.29, 1.82) is 0 Å². The number of rotatable bonds is 2. The molecular weight excluding hydrogens is 186 g/mol. The molecule has 1 unspecified atom stereocenters. The average Bonchev–Trinajstić information content (AvgIpc) is 2.56. The highest BCUT2D eigenvalue weighted by molar-refractivity contribution is 5.84. The van der Waals surface area contributed by atoms with Crippen molar-refractivity contribution < 1.29 is 0 Å². The van der Waals surface area contributed by atoms with Gasteiger partial charge in [-0.15, -0.1) is 0 Å². The summed E-state index contributed by atoms with van der Waals surface area (Å²) in [6.07, 6.45) is 2.06. The Kier molecular flexibility index (Phi) is 2.50. The molecule has 0 aliphatic heterocycles. The van der Waals surface area contributed by atoms with Crippen LogP contribution < -0.4 is 5.73 Å². The lowest BCUT2D eigenvalue weighted by Gasteiger charge is -2.18. The minimum absolute atomic E-state index is 0.0453. The first-order chi connectivity index (χ1) is 7.11. The number of hydrogen-bond donors (Lipinski definition) is 1.